The van der Waals surface area contributed by atoms with Crippen LogP contribution in [-0.4, -0.2) is 20.9 Å². The molecule has 0 spiro atoms. The summed E-state index contributed by atoms with van der Waals surface area (Å²) in [6, 6.07) is 5.73. The summed E-state index contributed by atoms with van der Waals surface area (Å²) in [6.45, 7) is 8.53. The number of hydrogen-bond donors (Lipinski definition) is 1. The van der Waals surface area contributed by atoms with E-state index in [9.17, 15) is 4.79 Å². The average Bonchev–Trinajstić information content (AvgIpc) is 3.00. The van der Waals surface area contributed by atoms with Crippen molar-refractivity contribution >= 4 is 17.2 Å². The van der Waals surface area contributed by atoms with Crippen LogP contribution in [0.4, 0.5) is 0 Å². The Balaban J connectivity index is 1.65. The number of pyridine rings is 1. The molecule has 0 radical (unpaired) electrons. The smallest absolute Gasteiger partial charge is 0.261 e. The Morgan fingerprint density at radius 3 is 2.79 bits per heavy atom. The van der Waals surface area contributed by atoms with Crippen molar-refractivity contribution in [3.8, 4) is 11.4 Å². The monoisotopic (exact) mass is 392 g/mol. The van der Waals surface area contributed by atoms with Crippen LogP contribution in [0.2, 0.25) is 0 Å². The zero-order chi connectivity index (χ0) is 19.9. The maximum atomic E-state index is 12.8. The van der Waals surface area contributed by atoms with E-state index < -0.39 is 0 Å². The molecule has 3 aromatic heterocycles. The Morgan fingerprint density at radius 2 is 2.11 bits per heavy atom. The molecule has 3 heterocycles. The number of thiophene rings is 1. The van der Waals surface area contributed by atoms with Crippen molar-refractivity contribution in [1.29, 1.82) is 0 Å². The van der Waals surface area contributed by atoms with E-state index in [4.69, 9.17) is 4.98 Å². The molecule has 1 aliphatic carbocycles. The third-order valence-electron chi connectivity index (χ3n) is 5.29. The summed E-state index contributed by atoms with van der Waals surface area (Å²) in [6.07, 6.45) is 7.11. The van der Waals surface area contributed by atoms with E-state index in [1.807, 2.05) is 38.2 Å². The topological polar surface area (TPSA) is 67.8 Å². The van der Waals surface area contributed by atoms with E-state index in [1.54, 1.807) is 23.7 Å². The third-order valence-corrected chi connectivity index (χ3v) is 6.44. The maximum absolute atomic E-state index is 12.8. The first kappa shape index (κ1) is 18.7. The van der Waals surface area contributed by atoms with Crippen molar-refractivity contribution in [2.45, 2.75) is 46.6 Å². The summed E-state index contributed by atoms with van der Waals surface area (Å²) in [7, 11) is 0. The predicted molar refractivity (Wildman–Crippen MR) is 111 cm³/mol. The Bertz CT molecular complexity index is 1010. The lowest BCUT2D eigenvalue weighted by Crippen LogP contribution is -2.37. The van der Waals surface area contributed by atoms with E-state index in [0.717, 1.165) is 40.1 Å². The van der Waals surface area contributed by atoms with Gasteiger partial charge in [-0.05, 0) is 55.9 Å². The zero-order valence-electron chi connectivity index (χ0n) is 16.6. The molecular formula is C22H24N4OS. The highest BCUT2D eigenvalue weighted by molar-refractivity contribution is 7.14. The Hall–Kier alpha value is -2.60. The molecular weight excluding hydrogens is 368 g/mol. The minimum atomic E-state index is -0.0862. The van der Waals surface area contributed by atoms with Gasteiger partial charge < -0.3 is 5.32 Å². The summed E-state index contributed by atoms with van der Waals surface area (Å²) >= 11 is 1.54. The van der Waals surface area contributed by atoms with E-state index in [2.05, 4.69) is 29.1 Å². The number of carbonyl (C=O) groups is 1. The van der Waals surface area contributed by atoms with Crippen LogP contribution >= 0.6 is 11.3 Å². The summed E-state index contributed by atoms with van der Waals surface area (Å²) in [4.78, 5) is 28.3. The molecule has 28 heavy (non-hydrogen) atoms. The van der Waals surface area contributed by atoms with Gasteiger partial charge in [0.15, 0.2) is 5.82 Å². The molecule has 1 atom stereocenters. The molecule has 1 unspecified atom stereocenters. The van der Waals surface area contributed by atoms with Gasteiger partial charge in [-0.1, -0.05) is 13.8 Å². The predicted octanol–water partition coefficient (Wildman–Crippen LogP) is 4.66. The lowest BCUT2D eigenvalue weighted by Gasteiger charge is -2.36. The molecule has 0 aliphatic heterocycles. The maximum Gasteiger partial charge on any atom is 0.261 e. The third kappa shape index (κ3) is 3.69. The zero-order valence-corrected chi connectivity index (χ0v) is 17.4. The van der Waals surface area contributed by atoms with E-state index >= 15 is 0 Å². The van der Waals surface area contributed by atoms with Gasteiger partial charge in [0, 0.05) is 34.6 Å². The van der Waals surface area contributed by atoms with Crippen molar-refractivity contribution in [1.82, 2.24) is 20.3 Å². The van der Waals surface area contributed by atoms with Gasteiger partial charge in [0.2, 0.25) is 0 Å². The van der Waals surface area contributed by atoms with Crippen LogP contribution in [-0.2, 0) is 6.42 Å². The number of hydrogen-bond acceptors (Lipinski definition) is 5. The molecule has 0 fully saturated rings. The number of aromatic nitrogens is 3. The van der Waals surface area contributed by atoms with Gasteiger partial charge in [0.05, 0.1) is 16.6 Å². The van der Waals surface area contributed by atoms with Crippen LogP contribution in [0, 0.1) is 19.3 Å². The van der Waals surface area contributed by atoms with Gasteiger partial charge in [0.25, 0.3) is 5.91 Å². The van der Waals surface area contributed by atoms with Crippen LogP contribution in [0.1, 0.15) is 57.7 Å². The molecule has 0 saturated heterocycles. The largest absolute Gasteiger partial charge is 0.344 e. The molecule has 4 rings (SSSR count). The normalized spacial score (nSPS) is 17.8. The molecule has 1 aliphatic rings. The minimum Gasteiger partial charge on any atom is -0.344 e. The second-order valence-corrected chi connectivity index (χ2v) is 9.51. The Kier molecular flexibility index (Phi) is 4.75. The lowest BCUT2D eigenvalue weighted by molar-refractivity contribution is 0.0923. The lowest BCUT2D eigenvalue weighted by atomic mass is 9.74. The molecule has 5 nitrogen and oxygen atoms in total. The van der Waals surface area contributed by atoms with Crippen molar-refractivity contribution in [3.63, 3.8) is 0 Å². The van der Waals surface area contributed by atoms with Crippen molar-refractivity contribution in [2.75, 3.05) is 0 Å². The highest BCUT2D eigenvalue weighted by Gasteiger charge is 2.35. The quantitative estimate of drug-likeness (QED) is 0.704. The van der Waals surface area contributed by atoms with Crippen LogP contribution in [0.15, 0.2) is 36.8 Å². The number of rotatable bonds is 3. The van der Waals surface area contributed by atoms with Crippen molar-refractivity contribution in [2.24, 2.45) is 5.41 Å². The van der Waals surface area contributed by atoms with Crippen LogP contribution < -0.4 is 5.32 Å². The highest BCUT2D eigenvalue weighted by atomic mass is 32.1. The SMILES string of the molecule is Cc1cc(C(=O)NC2CC(C)(C)Cc3nc(-c4cccnc4)ncc32)sc1C. The summed E-state index contributed by atoms with van der Waals surface area (Å²) in [5.41, 5.74) is 4.13. The molecule has 1 amide bonds. The molecule has 3 aromatic rings. The molecule has 0 bridgehead atoms. The number of aryl methyl sites for hydroxylation is 2. The number of fused-ring (bicyclic) bond motifs is 1. The molecule has 6 heteroatoms. The average molecular weight is 393 g/mol. The van der Waals surface area contributed by atoms with Gasteiger partial charge in [-0.3, -0.25) is 9.78 Å². The first-order valence-corrected chi connectivity index (χ1v) is 10.3. The molecule has 144 valence electrons. The second-order valence-electron chi connectivity index (χ2n) is 8.26. The van der Waals surface area contributed by atoms with Gasteiger partial charge in [-0.2, -0.15) is 0 Å². The van der Waals surface area contributed by atoms with E-state index in [0.29, 0.717) is 5.82 Å². The van der Waals surface area contributed by atoms with Gasteiger partial charge >= 0.3 is 0 Å². The number of nitrogens with zero attached hydrogens (tertiary/aromatic N) is 3. The summed E-state index contributed by atoms with van der Waals surface area (Å²) < 4.78 is 0. The minimum absolute atomic E-state index is 0.0221. The fourth-order valence-electron chi connectivity index (χ4n) is 3.72. The summed E-state index contributed by atoms with van der Waals surface area (Å²) in [5, 5.41) is 3.23. The fourth-order valence-corrected chi connectivity index (χ4v) is 4.66. The standard InChI is InChI=1S/C22H24N4OS/c1-13-8-19(28-14(13)2)21(27)26-18-10-22(3,4)9-17-16(18)12-24-20(25-17)15-6-5-7-23-11-15/h5-8,11-12,18H,9-10H2,1-4H3,(H,26,27). The first-order valence-electron chi connectivity index (χ1n) is 9.46. The van der Waals surface area contributed by atoms with E-state index in [-0.39, 0.29) is 17.4 Å². The van der Waals surface area contributed by atoms with Crippen molar-refractivity contribution in [3.05, 3.63) is 63.4 Å². The molecule has 0 saturated carbocycles. The summed E-state index contributed by atoms with van der Waals surface area (Å²) in [5.74, 6) is 0.658. The molecule has 1 N–H and O–H groups in total. The Morgan fingerprint density at radius 1 is 1.29 bits per heavy atom. The van der Waals surface area contributed by atoms with Crippen LogP contribution in [0.25, 0.3) is 11.4 Å². The van der Waals surface area contributed by atoms with Crippen LogP contribution in [0.5, 0.6) is 0 Å². The first-order chi connectivity index (χ1) is 13.3. The van der Waals surface area contributed by atoms with Crippen LogP contribution in [0.3, 0.4) is 0 Å². The fraction of sp³-hybridized carbons (Fsp3) is 0.364. The molecule has 0 aromatic carbocycles. The van der Waals surface area contributed by atoms with E-state index in [1.165, 1.54) is 4.88 Å². The van der Waals surface area contributed by atoms with Crippen molar-refractivity contribution < 1.29 is 4.79 Å². The number of nitrogens with one attached hydrogen (secondary N) is 1. The van der Waals surface area contributed by atoms with Gasteiger partial charge in [-0.25, -0.2) is 9.97 Å². The second kappa shape index (κ2) is 7.09. The van der Waals surface area contributed by atoms with Gasteiger partial charge in [-0.15, -0.1) is 11.3 Å². The number of carbonyl (C=O) groups excluding carboxylic acids is 1. The van der Waals surface area contributed by atoms with Gasteiger partial charge in [0.1, 0.15) is 0 Å². The highest BCUT2D eigenvalue weighted by Crippen LogP contribution is 2.40. The Labute approximate surface area is 169 Å². The number of amides is 1.